The molecule has 5 heteroatoms. The normalized spacial score (nSPS) is 7.43. The third kappa shape index (κ3) is 5.79. The van der Waals surface area contributed by atoms with Gasteiger partial charge in [-0.15, -0.1) is 0 Å². The maximum atomic E-state index is 11.0. The third-order valence-corrected chi connectivity index (χ3v) is 1.30. The maximum Gasteiger partial charge on any atom is 0.370 e. The molecule has 0 saturated heterocycles. The van der Waals surface area contributed by atoms with Crippen molar-refractivity contribution in [2.24, 2.45) is 0 Å². The first-order valence-corrected chi connectivity index (χ1v) is 3.34. The van der Waals surface area contributed by atoms with Gasteiger partial charge in [0.1, 0.15) is 5.40 Å². The number of hydrogen-bond donors (Lipinski definition) is 0. The zero-order valence-corrected chi connectivity index (χ0v) is 4.68. The second-order valence-corrected chi connectivity index (χ2v) is 2.33. The minimum atomic E-state index is -1.54. The van der Waals surface area contributed by atoms with Gasteiger partial charge < -0.3 is 0 Å². The molecule has 0 fully saturated rings. The van der Waals surface area contributed by atoms with Crippen LogP contribution in [-0.2, 0) is 0 Å². The van der Waals surface area contributed by atoms with E-state index in [0.717, 1.165) is 0 Å². The predicted octanol–water partition coefficient (Wildman–Crippen LogP) is 1.94. The lowest BCUT2D eigenvalue weighted by Crippen LogP contribution is -1.62. The van der Waals surface area contributed by atoms with E-state index in [1.165, 1.54) is 5.40 Å². The van der Waals surface area contributed by atoms with Gasteiger partial charge in [0.2, 0.25) is 0 Å². The number of nitrogens with zero attached hydrogens (tertiary/aromatic N) is 1. The molecule has 0 aromatic heterocycles. The quantitative estimate of drug-likeness (QED) is 0.314. The summed E-state index contributed by atoms with van der Waals surface area (Å²) >= 11 is 0. The van der Waals surface area contributed by atoms with Crippen LogP contribution in [0.15, 0.2) is 0 Å². The Labute approximate surface area is 47.5 Å². The van der Waals surface area contributed by atoms with E-state index in [1.807, 2.05) is 0 Å². The van der Waals surface area contributed by atoms with Gasteiger partial charge in [-0.25, -0.2) is 4.79 Å². The fraction of sp³-hybridized carbons (Fsp3) is 0. The van der Waals surface area contributed by atoms with Crippen LogP contribution in [-0.4, -0.2) is 5.37 Å². The summed E-state index contributed by atoms with van der Waals surface area (Å²) in [6, 6.07) is 0. The average Bonchev–Trinajstić information content (AvgIpc) is 1.61. The van der Waals surface area contributed by atoms with E-state index in [0.29, 0.717) is 10.8 Å². The minimum absolute atomic E-state index is 0.281. The van der Waals surface area contributed by atoms with Crippen LogP contribution in [0.4, 0.5) is 9.18 Å². The van der Waals surface area contributed by atoms with Crippen LogP contribution < -0.4 is 0 Å². The fourth-order valence-corrected chi connectivity index (χ4v) is 0.463. The van der Waals surface area contributed by atoms with Crippen molar-refractivity contribution in [3.8, 4) is 5.40 Å². The maximum absolute atomic E-state index is 11.0. The van der Waals surface area contributed by atoms with Crippen molar-refractivity contribution in [1.82, 2.24) is 0 Å². The Morgan fingerprint density at radius 3 is 2.57 bits per heavy atom. The molecule has 0 amide bonds. The van der Waals surface area contributed by atoms with Crippen molar-refractivity contribution < 1.29 is 9.18 Å². The van der Waals surface area contributed by atoms with Gasteiger partial charge in [0.15, 0.2) is 0 Å². The average molecular weight is 137 g/mol. The Hall–Kier alpha value is -0.210. The molecule has 0 aliphatic carbocycles. The van der Waals surface area contributed by atoms with Crippen LogP contribution in [0, 0.1) is 10.7 Å². The lowest BCUT2D eigenvalue weighted by Gasteiger charge is -1.72. The highest BCUT2D eigenvalue weighted by Crippen LogP contribution is 2.20. The minimum Gasteiger partial charge on any atom is -0.247 e. The Balaban J connectivity index is 3.02. The monoisotopic (exact) mass is 137 g/mol. The number of carbonyl (C=O) groups excluding carboxylic acids is 1. The van der Waals surface area contributed by atoms with Crippen LogP contribution in [0.3, 0.4) is 0 Å². The molecular weight excluding hydrogens is 137 g/mol. The summed E-state index contributed by atoms with van der Waals surface area (Å²) in [5, 5.41) is 7.67. The molecule has 38 valence electrons. The van der Waals surface area contributed by atoms with Gasteiger partial charge >= 0.3 is 5.37 Å². The molecule has 0 rings (SSSR count). The highest BCUT2D eigenvalue weighted by Gasteiger charge is 1.95. The molecule has 0 spiro atoms. The fourth-order valence-electron chi connectivity index (χ4n) is 0.0514. The summed E-state index contributed by atoms with van der Waals surface area (Å²) in [6.45, 7) is 0. The summed E-state index contributed by atoms with van der Waals surface area (Å²) in [4.78, 5) is 9.33. The largest absolute Gasteiger partial charge is 0.370 e. The lowest BCUT2D eigenvalue weighted by atomic mass is 11.7. The molecular formula is C2FNOS2. The molecule has 0 unspecified atom stereocenters. The van der Waals surface area contributed by atoms with Crippen LogP contribution in [0.5, 0.6) is 0 Å². The van der Waals surface area contributed by atoms with E-state index >= 15 is 0 Å². The van der Waals surface area contributed by atoms with Crippen molar-refractivity contribution in [2.75, 3.05) is 0 Å². The van der Waals surface area contributed by atoms with Crippen molar-refractivity contribution in [3.63, 3.8) is 0 Å². The molecule has 0 aliphatic heterocycles. The molecule has 0 heterocycles. The molecule has 0 bridgehead atoms. The van der Waals surface area contributed by atoms with Gasteiger partial charge in [-0.2, -0.15) is 9.65 Å². The van der Waals surface area contributed by atoms with Crippen molar-refractivity contribution in [2.45, 2.75) is 0 Å². The lowest BCUT2D eigenvalue weighted by molar-refractivity contribution is 0.245. The molecule has 0 atom stereocenters. The van der Waals surface area contributed by atoms with Crippen LogP contribution in [0.2, 0.25) is 0 Å². The smallest absolute Gasteiger partial charge is 0.247 e. The van der Waals surface area contributed by atoms with Gasteiger partial charge in [0, 0.05) is 21.6 Å². The van der Waals surface area contributed by atoms with Crippen LogP contribution in [0.25, 0.3) is 0 Å². The molecule has 0 aromatic carbocycles. The number of hydrogen-bond acceptors (Lipinski definition) is 4. The van der Waals surface area contributed by atoms with E-state index in [4.69, 9.17) is 5.26 Å². The Morgan fingerprint density at radius 1 is 1.86 bits per heavy atom. The molecule has 0 aromatic rings. The third-order valence-electron chi connectivity index (χ3n) is 0.144. The molecule has 0 radical (unpaired) electrons. The standard InChI is InChI=1S/C2FNOS2/c3-2(5)7-6-1-4. The molecule has 0 N–H and O–H groups in total. The van der Waals surface area contributed by atoms with Gasteiger partial charge in [-0.05, 0) is 0 Å². The SMILES string of the molecule is N#CSSC(=O)F. The van der Waals surface area contributed by atoms with E-state index in [1.54, 1.807) is 0 Å². The van der Waals surface area contributed by atoms with E-state index in [2.05, 4.69) is 0 Å². The topological polar surface area (TPSA) is 40.9 Å². The summed E-state index contributed by atoms with van der Waals surface area (Å²) in [6.07, 6.45) is 0. The number of halogens is 1. The van der Waals surface area contributed by atoms with Gasteiger partial charge in [0.25, 0.3) is 0 Å². The summed E-state index contributed by atoms with van der Waals surface area (Å²) in [5.74, 6) is 0. The molecule has 2 nitrogen and oxygen atoms in total. The highest BCUT2D eigenvalue weighted by atomic mass is 33.1. The van der Waals surface area contributed by atoms with Crippen molar-refractivity contribution in [1.29, 1.82) is 5.26 Å². The van der Waals surface area contributed by atoms with Crippen LogP contribution in [0.1, 0.15) is 0 Å². The van der Waals surface area contributed by atoms with E-state index in [-0.39, 0.29) is 10.8 Å². The number of rotatable bonds is 1. The molecule has 0 saturated carbocycles. The first-order chi connectivity index (χ1) is 3.27. The number of nitriles is 1. The molecule has 7 heavy (non-hydrogen) atoms. The summed E-state index contributed by atoms with van der Waals surface area (Å²) in [7, 11) is 0.795. The van der Waals surface area contributed by atoms with Crippen LogP contribution >= 0.6 is 21.6 Å². The second-order valence-electron chi connectivity index (χ2n) is 0.496. The Morgan fingerprint density at radius 2 is 2.43 bits per heavy atom. The summed E-state index contributed by atoms with van der Waals surface area (Å²) in [5.41, 5.74) is 0. The highest BCUT2D eigenvalue weighted by molar-refractivity contribution is 8.83. The van der Waals surface area contributed by atoms with Gasteiger partial charge in [-0.1, -0.05) is 0 Å². The predicted molar refractivity (Wildman–Crippen MR) is 27.3 cm³/mol. The Kier molecular flexibility index (Phi) is 3.84. The number of carbonyl (C=O) groups is 1. The summed E-state index contributed by atoms with van der Waals surface area (Å²) < 4.78 is 11.0. The zero-order chi connectivity index (χ0) is 5.70. The van der Waals surface area contributed by atoms with Gasteiger partial charge in [0.05, 0.1) is 0 Å². The molecule has 0 aliphatic rings. The van der Waals surface area contributed by atoms with E-state index in [9.17, 15) is 9.18 Å². The second kappa shape index (κ2) is 3.96. The van der Waals surface area contributed by atoms with Gasteiger partial charge in [-0.3, -0.25) is 0 Å². The zero-order valence-electron chi connectivity index (χ0n) is 3.05. The first kappa shape index (κ1) is 6.79. The van der Waals surface area contributed by atoms with Crippen molar-refractivity contribution >= 4 is 27.0 Å². The van der Waals surface area contributed by atoms with E-state index < -0.39 is 5.37 Å². The van der Waals surface area contributed by atoms with Crippen molar-refractivity contribution in [3.05, 3.63) is 0 Å². The number of thiocyanates is 1. The Bertz CT molecular complexity index is 109. The first-order valence-electron chi connectivity index (χ1n) is 1.19.